The highest BCUT2D eigenvalue weighted by atomic mass is 79.9. The van der Waals surface area contributed by atoms with Crippen LogP contribution in [0.2, 0.25) is 5.02 Å². The van der Waals surface area contributed by atoms with E-state index in [-0.39, 0.29) is 10.6 Å². The van der Waals surface area contributed by atoms with E-state index < -0.39 is 0 Å². The molecule has 0 bridgehead atoms. The first-order valence-corrected chi connectivity index (χ1v) is 4.17. The smallest absolute Gasteiger partial charge is 0.266 e. The van der Waals surface area contributed by atoms with Gasteiger partial charge >= 0.3 is 0 Å². The molecular weight excluding hydrogens is 217 g/mol. The summed E-state index contributed by atoms with van der Waals surface area (Å²) in [6.45, 7) is 0. The summed E-state index contributed by atoms with van der Waals surface area (Å²) >= 11 is 8.68. The summed E-state index contributed by atoms with van der Waals surface area (Å²) in [5, 5.41) is 0.865. The molecule has 0 saturated carbocycles. The number of aromatic nitrogens is 1. The highest BCUT2D eigenvalue weighted by molar-refractivity contribution is 9.08. The molecule has 0 radical (unpaired) electrons. The Labute approximate surface area is 71.3 Å². The van der Waals surface area contributed by atoms with Gasteiger partial charge in [0.05, 0.1) is 0 Å². The van der Waals surface area contributed by atoms with Gasteiger partial charge in [0.25, 0.3) is 5.56 Å². The van der Waals surface area contributed by atoms with Gasteiger partial charge in [-0.05, 0) is 12.1 Å². The summed E-state index contributed by atoms with van der Waals surface area (Å²) in [4.78, 5) is 13.4. The molecule has 10 heavy (non-hydrogen) atoms. The molecule has 0 amide bonds. The van der Waals surface area contributed by atoms with E-state index in [0.717, 1.165) is 5.69 Å². The first kappa shape index (κ1) is 7.82. The Morgan fingerprint density at radius 1 is 1.60 bits per heavy atom. The summed E-state index contributed by atoms with van der Waals surface area (Å²) in [7, 11) is 0. The second-order valence-corrected chi connectivity index (χ2v) is 2.76. The zero-order valence-electron chi connectivity index (χ0n) is 5.03. The number of aromatic amines is 1. The molecule has 0 saturated heterocycles. The van der Waals surface area contributed by atoms with Crippen molar-refractivity contribution >= 4 is 27.5 Å². The van der Waals surface area contributed by atoms with E-state index >= 15 is 0 Å². The van der Waals surface area contributed by atoms with Crippen LogP contribution in [0.25, 0.3) is 0 Å². The lowest BCUT2D eigenvalue weighted by molar-refractivity contribution is 1.13. The van der Waals surface area contributed by atoms with Gasteiger partial charge in [-0.15, -0.1) is 0 Å². The topological polar surface area (TPSA) is 32.9 Å². The average molecular weight is 222 g/mol. The summed E-state index contributed by atoms with van der Waals surface area (Å²) in [5.74, 6) is 0. The van der Waals surface area contributed by atoms with E-state index in [1.54, 1.807) is 12.1 Å². The maximum absolute atomic E-state index is 10.8. The fourth-order valence-corrected chi connectivity index (χ4v) is 1.01. The number of hydrogen-bond donors (Lipinski definition) is 1. The van der Waals surface area contributed by atoms with E-state index in [9.17, 15) is 4.79 Å². The molecule has 0 aliphatic rings. The molecule has 0 fully saturated rings. The molecule has 2 nitrogen and oxygen atoms in total. The van der Waals surface area contributed by atoms with Crippen LogP contribution in [0.1, 0.15) is 5.69 Å². The summed E-state index contributed by atoms with van der Waals surface area (Å²) in [6, 6.07) is 3.34. The predicted octanol–water partition coefficient (Wildman–Crippen LogP) is 1.92. The summed E-state index contributed by atoms with van der Waals surface area (Å²) < 4.78 is 0. The molecule has 0 aromatic carbocycles. The first-order chi connectivity index (χ1) is 4.74. The molecule has 0 atom stereocenters. The van der Waals surface area contributed by atoms with E-state index in [0.29, 0.717) is 5.33 Å². The molecule has 0 unspecified atom stereocenters. The second kappa shape index (κ2) is 3.21. The van der Waals surface area contributed by atoms with Crippen LogP contribution in [-0.4, -0.2) is 4.98 Å². The van der Waals surface area contributed by atoms with Gasteiger partial charge in [0.1, 0.15) is 5.02 Å². The number of hydrogen-bond acceptors (Lipinski definition) is 1. The minimum absolute atomic E-state index is 0.227. The van der Waals surface area contributed by atoms with Crippen molar-refractivity contribution in [3.8, 4) is 0 Å². The molecule has 0 aliphatic heterocycles. The quantitative estimate of drug-likeness (QED) is 0.724. The van der Waals surface area contributed by atoms with Crippen molar-refractivity contribution in [1.29, 1.82) is 0 Å². The molecule has 1 aromatic heterocycles. The highest BCUT2D eigenvalue weighted by Crippen LogP contribution is 2.03. The standard InChI is InChI=1S/C6H5BrClNO/c7-3-4-1-2-5(8)6(10)9-4/h1-2H,3H2,(H,9,10). The van der Waals surface area contributed by atoms with Crippen LogP contribution in [0.3, 0.4) is 0 Å². The highest BCUT2D eigenvalue weighted by Gasteiger charge is 1.94. The molecule has 1 aromatic rings. The van der Waals surface area contributed by atoms with Gasteiger partial charge in [0, 0.05) is 11.0 Å². The Hall–Kier alpha value is -0.280. The minimum atomic E-state index is -0.237. The lowest BCUT2D eigenvalue weighted by Crippen LogP contribution is -2.07. The third-order valence-corrected chi connectivity index (χ3v) is 1.97. The van der Waals surface area contributed by atoms with Crippen LogP contribution >= 0.6 is 27.5 Å². The van der Waals surface area contributed by atoms with Gasteiger partial charge in [-0.2, -0.15) is 0 Å². The SMILES string of the molecule is O=c1[nH]c(CBr)ccc1Cl. The van der Waals surface area contributed by atoms with Gasteiger partial charge in [-0.25, -0.2) is 0 Å². The molecule has 1 N–H and O–H groups in total. The second-order valence-electron chi connectivity index (χ2n) is 1.79. The summed E-state index contributed by atoms with van der Waals surface area (Å²) in [5.41, 5.74) is 0.591. The van der Waals surface area contributed by atoms with Crippen LogP contribution in [0.4, 0.5) is 0 Å². The number of rotatable bonds is 1. The van der Waals surface area contributed by atoms with Crippen molar-refractivity contribution in [1.82, 2.24) is 4.98 Å². The molecule has 0 spiro atoms. The Bertz CT molecular complexity index is 283. The zero-order valence-corrected chi connectivity index (χ0v) is 7.37. The van der Waals surface area contributed by atoms with Crippen molar-refractivity contribution < 1.29 is 0 Å². The van der Waals surface area contributed by atoms with Gasteiger partial charge in [0.15, 0.2) is 0 Å². The Kier molecular flexibility index (Phi) is 2.51. The van der Waals surface area contributed by atoms with Crippen LogP contribution in [0.5, 0.6) is 0 Å². The van der Waals surface area contributed by atoms with Crippen LogP contribution < -0.4 is 5.56 Å². The maximum Gasteiger partial charge on any atom is 0.266 e. The van der Waals surface area contributed by atoms with Crippen molar-refractivity contribution in [3.63, 3.8) is 0 Å². The molecule has 1 heterocycles. The van der Waals surface area contributed by atoms with Crippen molar-refractivity contribution in [3.05, 3.63) is 33.2 Å². The van der Waals surface area contributed by atoms with E-state index in [4.69, 9.17) is 11.6 Å². The summed E-state index contributed by atoms with van der Waals surface area (Å²) in [6.07, 6.45) is 0. The lowest BCUT2D eigenvalue weighted by Gasteiger charge is -1.93. The van der Waals surface area contributed by atoms with E-state index in [1.165, 1.54) is 0 Å². The largest absolute Gasteiger partial charge is 0.324 e. The van der Waals surface area contributed by atoms with E-state index in [1.807, 2.05) is 0 Å². The monoisotopic (exact) mass is 221 g/mol. The van der Waals surface area contributed by atoms with Gasteiger partial charge < -0.3 is 4.98 Å². The predicted molar refractivity (Wildman–Crippen MR) is 44.7 cm³/mol. The lowest BCUT2D eigenvalue weighted by atomic mass is 10.4. The average Bonchev–Trinajstić information content (AvgIpc) is 1.95. The first-order valence-electron chi connectivity index (χ1n) is 2.67. The Morgan fingerprint density at radius 3 is 2.80 bits per heavy atom. The van der Waals surface area contributed by atoms with Gasteiger partial charge in [0.2, 0.25) is 0 Å². The van der Waals surface area contributed by atoms with Gasteiger partial charge in [-0.3, -0.25) is 4.79 Å². The zero-order chi connectivity index (χ0) is 7.56. The Morgan fingerprint density at radius 2 is 2.30 bits per heavy atom. The molecule has 1 rings (SSSR count). The molecular formula is C6H5BrClNO. The number of H-pyrrole nitrogens is 1. The number of alkyl halides is 1. The van der Waals surface area contributed by atoms with Gasteiger partial charge in [-0.1, -0.05) is 27.5 Å². The molecule has 54 valence electrons. The van der Waals surface area contributed by atoms with Crippen LogP contribution in [-0.2, 0) is 5.33 Å². The molecule has 0 aliphatic carbocycles. The third kappa shape index (κ3) is 1.61. The minimum Gasteiger partial charge on any atom is -0.324 e. The Balaban J connectivity index is 3.17. The number of halogens is 2. The number of pyridine rings is 1. The fraction of sp³-hybridized carbons (Fsp3) is 0.167. The maximum atomic E-state index is 10.8. The third-order valence-electron chi connectivity index (χ3n) is 1.07. The van der Waals surface area contributed by atoms with Crippen LogP contribution in [0, 0.1) is 0 Å². The van der Waals surface area contributed by atoms with Crippen molar-refractivity contribution in [2.24, 2.45) is 0 Å². The fourth-order valence-electron chi connectivity index (χ4n) is 0.575. The normalized spacial score (nSPS) is 9.80. The van der Waals surface area contributed by atoms with Crippen LogP contribution in [0.15, 0.2) is 16.9 Å². The number of nitrogens with one attached hydrogen (secondary N) is 1. The van der Waals surface area contributed by atoms with Crippen molar-refractivity contribution in [2.75, 3.05) is 0 Å². The van der Waals surface area contributed by atoms with Crippen molar-refractivity contribution in [2.45, 2.75) is 5.33 Å². The molecule has 4 heteroatoms. The van der Waals surface area contributed by atoms with E-state index in [2.05, 4.69) is 20.9 Å².